The first kappa shape index (κ1) is 12.3. The first-order valence-corrected chi connectivity index (χ1v) is 6.06. The second kappa shape index (κ2) is 4.76. The molecule has 0 atom stereocenters. The van der Waals surface area contributed by atoms with Crippen LogP contribution >= 0.6 is 0 Å². The van der Waals surface area contributed by atoms with E-state index in [1.54, 1.807) is 0 Å². The van der Waals surface area contributed by atoms with Crippen molar-refractivity contribution in [1.29, 1.82) is 0 Å². The number of ether oxygens (including phenoxy) is 1. The highest BCUT2D eigenvalue weighted by Gasteiger charge is 2.13. The molecule has 0 saturated heterocycles. The summed E-state index contributed by atoms with van der Waals surface area (Å²) in [6.45, 7) is 4.11. The van der Waals surface area contributed by atoms with Gasteiger partial charge in [-0.3, -0.25) is 0 Å². The van der Waals surface area contributed by atoms with Crippen molar-refractivity contribution in [3.05, 3.63) is 29.3 Å². The molecule has 2 aromatic heterocycles. The molecule has 0 saturated carbocycles. The summed E-state index contributed by atoms with van der Waals surface area (Å²) in [6, 6.07) is 6.03. The van der Waals surface area contributed by atoms with Crippen LogP contribution in [0.3, 0.4) is 0 Å². The molecule has 20 heavy (non-hydrogen) atoms. The van der Waals surface area contributed by atoms with Crippen LogP contribution in [0.15, 0.2) is 22.8 Å². The van der Waals surface area contributed by atoms with Gasteiger partial charge in [0.05, 0.1) is 7.11 Å². The first-order valence-electron chi connectivity index (χ1n) is 6.06. The minimum Gasteiger partial charge on any atom is -0.478 e. The minimum absolute atomic E-state index is 0.312. The molecule has 2 heterocycles. The van der Waals surface area contributed by atoms with Gasteiger partial charge < -0.3 is 10.1 Å². The lowest BCUT2D eigenvalue weighted by Gasteiger charge is -2.10. The molecule has 3 rings (SSSR count). The number of anilines is 2. The molecular formula is C13H13N5O2. The summed E-state index contributed by atoms with van der Waals surface area (Å²) in [7, 11) is 1.52. The van der Waals surface area contributed by atoms with E-state index in [2.05, 4.69) is 37.2 Å². The Bertz CT molecular complexity index is 769. The number of nitrogens with zero attached hydrogens (tertiary/aromatic N) is 4. The van der Waals surface area contributed by atoms with E-state index in [0.29, 0.717) is 23.0 Å². The maximum absolute atomic E-state index is 5.20. The van der Waals surface area contributed by atoms with Gasteiger partial charge in [-0.25, -0.2) is 4.63 Å². The van der Waals surface area contributed by atoms with Crippen LogP contribution in [0.4, 0.5) is 11.5 Å². The van der Waals surface area contributed by atoms with Gasteiger partial charge in [0.2, 0.25) is 11.3 Å². The summed E-state index contributed by atoms with van der Waals surface area (Å²) in [5, 5.41) is 10.5. The summed E-state index contributed by atoms with van der Waals surface area (Å²) < 4.78 is 9.80. The van der Waals surface area contributed by atoms with E-state index in [9.17, 15) is 0 Å². The fourth-order valence-electron chi connectivity index (χ4n) is 1.80. The Kier molecular flexibility index (Phi) is 2.94. The Hall–Kier alpha value is -2.70. The van der Waals surface area contributed by atoms with E-state index in [1.807, 2.05) is 25.1 Å². The Morgan fingerprint density at radius 3 is 2.50 bits per heavy atom. The number of benzene rings is 1. The summed E-state index contributed by atoms with van der Waals surface area (Å²) in [5.41, 5.74) is 3.96. The molecule has 0 amide bonds. The molecule has 0 spiro atoms. The van der Waals surface area contributed by atoms with Crippen LogP contribution in [0.1, 0.15) is 11.1 Å². The zero-order valence-electron chi connectivity index (χ0n) is 11.3. The van der Waals surface area contributed by atoms with Crippen molar-refractivity contribution in [3.63, 3.8) is 0 Å². The number of methoxy groups -OCH3 is 1. The molecule has 0 unspecified atom stereocenters. The van der Waals surface area contributed by atoms with Crippen molar-refractivity contribution in [1.82, 2.24) is 20.3 Å². The van der Waals surface area contributed by atoms with E-state index in [-0.39, 0.29) is 0 Å². The fraction of sp³-hybridized carbons (Fsp3) is 0.231. The van der Waals surface area contributed by atoms with Crippen LogP contribution < -0.4 is 10.1 Å². The minimum atomic E-state index is 0.312. The smallest absolute Gasteiger partial charge is 0.259 e. The van der Waals surface area contributed by atoms with Crippen LogP contribution in [-0.4, -0.2) is 27.4 Å². The molecule has 0 bridgehead atoms. The predicted octanol–water partition coefficient (Wildman–Crippen LogP) is 2.38. The van der Waals surface area contributed by atoms with Gasteiger partial charge >= 0.3 is 0 Å². The molecule has 1 N–H and O–H groups in total. The van der Waals surface area contributed by atoms with E-state index >= 15 is 0 Å². The Morgan fingerprint density at radius 2 is 1.80 bits per heavy atom. The van der Waals surface area contributed by atoms with Gasteiger partial charge in [0, 0.05) is 5.69 Å². The second-order valence-corrected chi connectivity index (χ2v) is 4.42. The number of hydrogen-bond acceptors (Lipinski definition) is 7. The third-order valence-corrected chi connectivity index (χ3v) is 3.05. The molecule has 0 radical (unpaired) electrons. The van der Waals surface area contributed by atoms with Crippen molar-refractivity contribution in [2.45, 2.75) is 13.8 Å². The highest BCUT2D eigenvalue weighted by molar-refractivity contribution is 5.71. The van der Waals surface area contributed by atoms with Crippen LogP contribution in [0.25, 0.3) is 11.3 Å². The fourth-order valence-corrected chi connectivity index (χ4v) is 1.80. The predicted molar refractivity (Wildman–Crippen MR) is 73.1 cm³/mol. The molecule has 0 aliphatic rings. The summed E-state index contributed by atoms with van der Waals surface area (Å²) in [5.74, 6) is 0.811. The number of nitrogens with one attached hydrogen (secondary N) is 1. The number of fused-ring (bicyclic) bond motifs is 1. The van der Waals surface area contributed by atoms with E-state index in [0.717, 1.165) is 5.69 Å². The number of aryl methyl sites for hydroxylation is 2. The third kappa shape index (κ3) is 2.13. The number of hydrogen-bond donors (Lipinski definition) is 1. The van der Waals surface area contributed by atoms with Gasteiger partial charge in [-0.2, -0.15) is 9.97 Å². The molecule has 7 heteroatoms. The van der Waals surface area contributed by atoms with E-state index < -0.39 is 0 Å². The lowest BCUT2D eigenvalue weighted by Crippen LogP contribution is -2.01. The standard InChI is InChI=1S/C13H13N5O2/c1-7-4-5-9(6-8(7)2)14-12-13(19-3)16-11-10(15-12)17-20-18-11/h4-6H,1-3H3,(H,14,15,17). The lowest BCUT2D eigenvalue weighted by atomic mass is 10.1. The topological polar surface area (TPSA) is 86.0 Å². The monoisotopic (exact) mass is 271 g/mol. The van der Waals surface area contributed by atoms with Crippen molar-refractivity contribution in [2.75, 3.05) is 12.4 Å². The maximum atomic E-state index is 5.20. The second-order valence-electron chi connectivity index (χ2n) is 4.42. The van der Waals surface area contributed by atoms with Crippen LogP contribution in [0, 0.1) is 13.8 Å². The highest BCUT2D eigenvalue weighted by Crippen LogP contribution is 2.26. The molecule has 0 fully saturated rings. The Balaban J connectivity index is 2.01. The zero-order chi connectivity index (χ0) is 14.1. The van der Waals surface area contributed by atoms with E-state index in [4.69, 9.17) is 4.74 Å². The van der Waals surface area contributed by atoms with Gasteiger partial charge in [-0.1, -0.05) is 6.07 Å². The third-order valence-electron chi connectivity index (χ3n) is 3.05. The van der Waals surface area contributed by atoms with Crippen molar-refractivity contribution < 1.29 is 9.37 Å². The average molecular weight is 271 g/mol. The Labute approximate surface area is 115 Å². The van der Waals surface area contributed by atoms with Crippen LogP contribution in [0.2, 0.25) is 0 Å². The Morgan fingerprint density at radius 1 is 1.05 bits per heavy atom. The molecular weight excluding hydrogens is 258 g/mol. The maximum Gasteiger partial charge on any atom is 0.259 e. The summed E-state index contributed by atoms with van der Waals surface area (Å²) >= 11 is 0. The van der Waals surface area contributed by atoms with Gasteiger partial charge in [0.25, 0.3) is 5.88 Å². The first-order chi connectivity index (χ1) is 9.67. The van der Waals surface area contributed by atoms with Gasteiger partial charge in [0.1, 0.15) is 0 Å². The van der Waals surface area contributed by atoms with E-state index in [1.165, 1.54) is 18.2 Å². The molecule has 3 aromatic rings. The van der Waals surface area contributed by atoms with Gasteiger partial charge in [-0.05, 0) is 47.4 Å². The SMILES string of the molecule is COc1nc2nonc2nc1Nc1ccc(C)c(C)c1. The number of rotatable bonds is 3. The molecule has 0 aliphatic heterocycles. The normalized spacial score (nSPS) is 10.8. The summed E-state index contributed by atoms with van der Waals surface area (Å²) in [4.78, 5) is 8.46. The quantitative estimate of drug-likeness (QED) is 0.782. The summed E-state index contributed by atoms with van der Waals surface area (Å²) in [6.07, 6.45) is 0. The van der Waals surface area contributed by atoms with Gasteiger partial charge in [0.15, 0.2) is 5.82 Å². The van der Waals surface area contributed by atoms with Crippen molar-refractivity contribution >= 4 is 22.8 Å². The lowest BCUT2D eigenvalue weighted by molar-refractivity contribution is 0.313. The molecule has 7 nitrogen and oxygen atoms in total. The molecule has 1 aromatic carbocycles. The van der Waals surface area contributed by atoms with Gasteiger partial charge in [-0.15, -0.1) is 0 Å². The highest BCUT2D eigenvalue weighted by atomic mass is 16.6. The molecule has 0 aliphatic carbocycles. The average Bonchev–Trinajstić information content (AvgIpc) is 2.89. The number of aromatic nitrogens is 4. The zero-order valence-corrected chi connectivity index (χ0v) is 11.3. The van der Waals surface area contributed by atoms with Crippen molar-refractivity contribution in [3.8, 4) is 5.88 Å². The van der Waals surface area contributed by atoms with Crippen molar-refractivity contribution in [2.24, 2.45) is 0 Å². The van der Waals surface area contributed by atoms with Crippen LogP contribution in [-0.2, 0) is 0 Å². The molecule has 102 valence electrons. The largest absolute Gasteiger partial charge is 0.478 e. The van der Waals surface area contributed by atoms with Crippen LogP contribution in [0.5, 0.6) is 5.88 Å².